The molecule has 0 aliphatic rings. The number of nitrogens with one attached hydrogen (secondary N) is 5. The molecule has 5 amide bonds. The van der Waals surface area contributed by atoms with E-state index in [1.54, 1.807) is 30.3 Å². The number of hydrogen-bond acceptors (Lipinski definition) is 10. The normalized spacial score (nSPS) is 13.7. The SMILES string of the molecule is NC(=O)[C@H](CC(=O)O)NC(=O)[C@H](CCCN=C(N)N)NC(=O)[C@H](Cc1ccccc1)NC(=O)[C@H](Cc1cnc[nH]1)NC(=O)[C@@H](N)CC(=O)O. The number of hydrogen-bond donors (Lipinski definition) is 11. The number of carboxylic acids is 2. The van der Waals surface area contributed by atoms with Crippen molar-refractivity contribution in [3.63, 3.8) is 0 Å². The molecule has 15 N–H and O–H groups in total. The van der Waals surface area contributed by atoms with Gasteiger partial charge in [0.25, 0.3) is 0 Å². The fraction of sp³-hybridized carbons (Fsp3) is 0.414. The highest BCUT2D eigenvalue weighted by Crippen LogP contribution is 2.08. The van der Waals surface area contributed by atoms with Gasteiger partial charge in [0.2, 0.25) is 29.5 Å². The third-order valence-electron chi connectivity index (χ3n) is 6.88. The van der Waals surface area contributed by atoms with E-state index in [2.05, 4.69) is 36.2 Å². The number of benzene rings is 1. The number of imidazole rings is 1. The van der Waals surface area contributed by atoms with E-state index in [0.29, 0.717) is 11.3 Å². The Morgan fingerprint density at radius 2 is 1.31 bits per heavy atom. The standard InChI is InChI=1S/C29H41N11O9/c30-17(11-22(41)42)25(46)39-21(10-16-13-34-14-36-16)28(49)40-20(9-15-5-2-1-3-6-15)27(48)37-18(7-4-8-35-29(32)33)26(47)38-19(24(31)45)12-23(43)44/h1-3,5-6,13-14,17-21H,4,7-12,30H2,(H2,31,45)(H,34,36)(H,37,48)(H,38,47)(H,39,46)(H,40,49)(H,41,42)(H,43,44)(H4,32,33,35)/t17-,18-,19-,20-,21-/m0/s1. The van der Waals surface area contributed by atoms with Crippen LogP contribution >= 0.6 is 0 Å². The average Bonchev–Trinajstić information content (AvgIpc) is 3.54. The van der Waals surface area contributed by atoms with Gasteiger partial charge in [0.05, 0.1) is 25.2 Å². The number of carbonyl (C=O) groups is 7. The lowest BCUT2D eigenvalue weighted by Crippen LogP contribution is -2.59. The molecule has 5 atom stereocenters. The summed E-state index contributed by atoms with van der Waals surface area (Å²) in [6.07, 6.45) is 1.04. The van der Waals surface area contributed by atoms with Gasteiger partial charge < -0.3 is 59.4 Å². The molecule has 0 spiro atoms. The van der Waals surface area contributed by atoms with E-state index in [0.717, 1.165) is 0 Å². The Hall–Kier alpha value is -6.05. The summed E-state index contributed by atoms with van der Waals surface area (Å²) in [5, 5.41) is 27.9. The second kappa shape index (κ2) is 19.6. The summed E-state index contributed by atoms with van der Waals surface area (Å²) in [5.41, 5.74) is 22.7. The van der Waals surface area contributed by atoms with E-state index < -0.39 is 84.5 Å². The van der Waals surface area contributed by atoms with E-state index in [1.807, 2.05) is 0 Å². The number of nitrogens with zero attached hydrogens (tertiary/aromatic N) is 2. The van der Waals surface area contributed by atoms with Crippen LogP contribution < -0.4 is 44.2 Å². The monoisotopic (exact) mass is 687 g/mol. The Kier molecular flexibility index (Phi) is 15.6. The number of aliphatic carboxylic acids is 2. The zero-order valence-electron chi connectivity index (χ0n) is 26.3. The van der Waals surface area contributed by atoms with Gasteiger partial charge in [-0.3, -0.25) is 38.6 Å². The molecule has 1 heterocycles. The second-order valence-electron chi connectivity index (χ2n) is 10.9. The van der Waals surface area contributed by atoms with Crippen molar-refractivity contribution in [1.29, 1.82) is 0 Å². The fourth-order valence-electron chi connectivity index (χ4n) is 4.43. The number of aliphatic imine (C=N–C) groups is 1. The molecule has 0 radical (unpaired) electrons. The van der Waals surface area contributed by atoms with Gasteiger partial charge in [-0.25, -0.2) is 4.98 Å². The maximum absolute atomic E-state index is 13.8. The van der Waals surface area contributed by atoms with Crippen molar-refractivity contribution >= 4 is 47.4 Å². The lowest BCUT2D eigenvalue weighted by molar-refractivity contribution is -0.140. The van der Waals surface area contributed by atoms with E-state index >= 15 is 0 Å². The van der Waals surface area contributed by atoms with Crippen LogP contribution in [0.15, 0.2) is 47.8 Å². The first-order chi connectivity index (χ1) is 23.2. The van der Waals surface area contributed by atoms with Crippen LogP contribution in [0.5, 0.6) is 0 Å². The smallest absolute Gasteiger partial charge is 0.305 e. The summed E-state index contributed by atoms with van der Waals surface area (Å²) in [6, 6.07) is 1.33. The fourth-order valence-corrected chi connectivity index (χ4v) is 4.43. The Morgan fingerprint density at radius 3 is 1.86 bits per heavy atom. The summed E-state index contributed by atoms with van der Waals surface area (Å²) in [5.74, 6) is -7.68. The predicted molar refractivity (Wildman–Crippen MR) is 172 cm³/mol. The summed E-state index contributed by atoms with van der Waals surface area (Å²) >= 11 is 0. The molecule has 0 saturated carbocycles. The van der Waals surface area contributed by atoms with Gasteiger partial charge in [0.15, 0.2) is 5.96 Å². The van der Waals surface area contributed by atoms with Gasteiger partial charge in [0, 0.05) is 31.3 Å². The largest absolute Gasteiger partial charge is 0.481 e. The maximum atomic E-state index is 13.8. The lowest BCUT2D eigenvalue weighted by Gasteiger charge is -2.26. The average molecular weight is 688 g/mol. The summed E-state index contributed by atoms with van der Waals surface area (Å²) in [4.78, 5) is 98.0. The number of H-pyrrole nitrogens is 1. The van der Waals surface area contributed by atoms with Crippen molar-refractivity contribution in [2.45, 2.75) is 68.7 Å². The molecule has 0 unspecified atom stereocenters. The van der Waals surface area contributed by atoms with E-state index in [-0.39, 0.29) is 38.2 Å². The van der Waals surface area contributed by atoms with Gasteiger partial charge in [-0.15, -0.1) is 0 Å². The van der Waals surface area contributed by atoms with Crippen LogP contribution in [-0.2, 0) is 46.4 Å². The molecule has 0 aliphatic heterocycles. The number of primary amides is 1. The number of rotatable bonds is 21. The van der Waals surface area contributed by atoms with Crippen LogP contribution in [0.1, 0.15) is 36.9 Å². The van der Waals surface area contributed by atoms with Crippen molar-refractivity contribution < 1.29 is 43.8 Å². The molecule has 1 aromatic heterocycles. The quantitative estimate of drug-likeness (QED) is 0.0338. The minimum absolute atomic E-state index is 0.0551. The zero-order chi connectivity index (χ0) is 36.5. The molecular formula is C29H41N11O9. The Balaban J connectivity index is 2.38. The van der Waals surface area contributed by atoms with E-state index in [1.165, 1.54) is 12.5 Å². The van der Waals surface area contributed by atoms with Crippen LogP contribution in [0, 0.1) is 0 Å². The highest BCUT2D eigenvalue weighted by molar-refractivity contribution is 5.96. The Bertz CT molecular complexity index is 1480. The van der Waals surface area contributed by atoms with Crippen molar-refractivity contribution in [2.75, 3.05) is 6.54 Å². The number of guanidine groups is 1. The summed E-state index contributed by atoms with van der Waals surface area (Å²) in [7, 11) is 0. The van der Waals surface area contributed by atoms with Crippen molar-refractivity contribution in [2.24, 2.45) is 27.9 Å². The van der Waals surface area contributed by atoms with Gasteiger partial charge in [-0.05, 0) is 18.4 Å². The number of carboxylic acid groups (broad SMARTS) is 2. The summed E-state index contributed by atoms with van der Waals surface area (Å²) in [6.45, 7) is 0.0551. The molecule has 0 fully saturated rings. The third-order valence-corrected chi connectivity index (χ3v) is 6.88. The topological polar surface area (TPSA) is 353 Å². The van der Waals surface area contributed by atoms with E-state index in [9.17, 15) is 33.6 Å². The van der Waals surface area contributed by atoms with Crippen molar-refractivity contribution in [3.8, 4) is 0 Å². The molecule has 20 nitrogen and oxygen atoms in total. The molecule has 0 aliphatic carbocycles. The molecular weight excluding hydrogens is 646 g/mol. The maximum Gasteiger partial charge on any atom is 0.305 e. The number of carbonyl (C=O) groups excluding carboxylic acids is 5. The molecule has 0 bridgehead atoms. The van der Waals surface area contributed by atoms with Crippen LogP contribution in [0.25, 0.3) is 0 Å². The minimum atomic E-state index is -1.60. The van der Waals surface area contributed by atoms with Crippen LogP contribution in [0.3, 0.4) is 0 Å². The highest BCUT2D eigenvalue weighted by atomic mass is 16.4. The summed E-state index contributed by atoms with van der Waals surface area (Å²) < 4.78 is 0. The lowest BCUT2D eigenvalue weighted by atomic mass is 10.0. The van der Waals surface area contributed by atoms with Crippen molar-refractivity contribution in [1.82, 2.24) is 31.2 Å². The molecule has 0 saturated heterocycles. The first-order valence-corrected chi connectivity index (χ1v) is 14.9. The number of aromatic amines is 1. The van der Waals surface area contributed by atoms with E-state index in [4.69, 9.17) is 33.1 Å². The highest BCUT2D eigenvalue weighted by Gasteiger charge is 2.32. The first kappa shape index (κ1) is 39.1. The molecule has 266 valence electrons. The first-order valence-electron chi connectivity index (χ1n) is 14.9. The molecule has 49 heavy (non-hydrogen) atoms. The van der Waals surface area contributed by atoms with Crippen LogP contribution in [0.2, 0.25) is 0 Å². The van der Waals surface area contributed by atoms with Gasteiger partial charge in [0.1, 0.15) is 24.2 Å². The number of aromatic nitrogens is 2. The molecule has 1 aromatic carbocycles. The van der Waals surface area contributed by atoms with Crippen LogP contribution in [0.4, 0.5) is 0 Å². The molecule has 2 aromatic rings. The molecule has 2 rings (SSSR count). The van der Waals surface area contributed by atoms with Gasteiger partial charge in [-0.1, -0.05) is 30.3 Å². The Labute approximate surface area is 279 Å². The number of amides is 5. The van der Waals surface area contributed by atoms with Gasteiger partial charge in [-0.2, -0.15) is 0 Å². The minimum Gasteiger partial charge on any atom is -0.481 e. The molecule has 20 heteroatoms. The third kappa shape index (κ3) is 14.5. The van der Waals surface area contributed by atoms with Crippen molar-refractivity contribution in [3.05, 3.63) is 54.1 Å². The Morgan fingerprint density at radius 1 is 0.755 bits per heavy atom. The van der Waals surface area contributed by atoms with Gasteiger partial charge >= 0.3 is 11.9 Å². The van der Waals surface area contributed by atoms with Crippen LogP contribution in [-0.4, -0.2) is 104 Å². The zero-order valence-corrected chi connectivity index (χ0v) is 26.3. The number of nitrogens with two attached hydrogens (primary N) is 4. The predicted octanol–water partition coefficient (Wildman–Crippen LogP) is -4.05. The second-order valence-corrected chi connectivity index (χ2v) is 10.9.